The number of carbonyl (C=O) groups is 1. The van der Waals surface area contributed by atoms with Gasteiger partial charge in [0.2, 0.25) is 5.91 Å². The monoisotopic (exact) mass is 394 g/mol. The minimum atomic E-state index is -0.0508. The molecule has 0 unspecified atom stereocenters. The second-order valence-electron chi connectivity index (χ2n) is 6.65. The van der Waals surface area contributed by atoms with E-state index in [1.54, 1.807) is 12.4 Å². The van der Waals surface area contributed by atoms with E-state index in [4.69, 9.17) is 0 Å². The fraction of sp³-hybridized carbons (Fsp3) is 0.300. The van der Waals surface area contributed by atoms with Crippen LogP contribution in [0, 0.1) is 0 Å². The molecule has 1 fully saturated rings. The second kappa shape index (κ2) is 8.43. The number of rotatable bonds is 6. The molecule has 144 valence electrons. The van der Waals surface area contributed by atoms with E-state index in [0.29, 0.717) is 5.16 Å². The van der Waals surface area contributed by atoms with Crippen LogP contribution in [0.2, 0.25) is 0 Å². The van der Waals surface area contributed by atoms with Gasteiger partial charge in [0.05, 0.1) is 17.1 Å². The summed E-state index contributed by atoms with van der Waals surface area (Å²) in [5.41, 5.74) is 2.91. The number of nitrogens with one attached hydrogen (secondary N) is 1. The van der Waals surface area contributed by atoms with Crippen molar-refractivity contribution in [1.29, 1.82) is 0 Å². The molecule has 28 heavy (non-hydrogen) atoms. The maximum absolute atomic E-state index is 12.5. The Labute approximate surface area is 168 Å². The summed E-state index contributed by atoms with van der Waals surface area (Å²) < 4.78 is 1.89. The zero-order chi connectivity index (χ0) is 19.3. The quantitative estimate of drug-likeness (QED) is 0.647. The van der Waals surface area contributed by atoms with Crippen LogP contribution in [0.1, 0.15) is 12.8 Å². The molecule has 3 aromatic rings. The van der Waals surface area contributed by atoms with Gasteiger partial charge in [0.1, 0.15) is 0 Å². The molecule has 1 saturated heterocycles. The molecule has 0 saturated carbocycles. The van der Waals surface area contributed by atoms with Crippen molar-refractivity contribution in [3.8, 4) is 11.4 Å². The number of carbonyl (C=O) groups excluding carboxylic acids is 1. The fourth-order valence-corrected chi connectivity index (χ4v) is 4.03. The van der Waals surface area contributed by atoms with E-state index in [1.165, 1.54) is 24.6 Å². The first-order valence-electron chi connectivity index (χ1n) is 9.29. The van der Waals surface area contributed by atoms with Gasteiger partial charge in [-0.1, -0.05) is 23.9 Å². The molecule has 0 spiro atoms. The maximum Gasteiger partial charge on any atom is 0.234 e. The molecule has 0 atom stereocenters. The van der Waals surface area contributed by atoms with Crippen LogP contribution in [-0.2, 0) is 11.8 Å². The number of para-hydroxylation sites is 2. The lowest BCUT2D eigenvalue weighted by Gasteiger charge is -2.21. The van der Waals surface area contributed by atoms with Gasteiger partial charge in [-0.2, -0.15) is 0 Å². The topological polar surface area (TPSA) is 75.9 Å². The van der Waals surface area contributed by atoms with Gasteiger partial charge < -0.3 is 14.8 Å². The van der Waals surface area contributed by atoms with Crippen molar-refractivity contribution < 1.29 is 4.79 Å². The Hall–Kier alpha value is -2.87. The molecule has 1 aromatic carbocycles. The molecule has 7 nitrogen and oxygen atoms in total. The standard InChI is InChI=1S/C20H22N6OS/c1-25-19(15-8-10-21-11-9-15)23-24-20(25)28-14-18(27)22-16-6-2-3-7-17(16)26-12-4-5-13-26/h2-3,6-11H,4-5,12-14H2,1H3,(H,22,27). The van der Waals surface area contributed by atoms with Crippen molar-refractivity contribution in [3.05, 3.63) is 48.8 Å². The molecule has 4 rings (SSSR count). The summed E-state index contributed by atoms with van der Waals surface area (Å²) in [4.78, 5) is 18.9. The summed E-state index contributed by atoms with van der Waals surface area (Å²) in [5, 5.41) is 12.2. The summed E-state index contributed by atoms with van der Waals surface area (Å²) in [7, 11) is 1.90. The number of amides is 1. The summed E-state index contributed by atoms with van der Waals surface area (Å²) >= 11 is 1.38. The smallest absolute Gasteiger partial charge is 0.234 e. The van der Waals surface area contributed by atoms with Crippen LogP contribution in [0.3, 0.4) is 0 Å². The molecule has 1 aliphatic heterocycles. The van der Waals surface area contributed by atoms with Crippen LogP contribution in [0.15, 0.2) is 53.9 Å². The SMILES string of the molecule is Cn1c(SCC(=O)Nc2ccccc2N2CCCC2)nnc1-c1ccncc1. The highest BCUT2D eigenvalue weighted by atomic mass is 32.2. The first-order valence-corrected chi connectivity index (χ1v) is 10.3. The van der Waals surface area contributed by atoms with Crippen molar-refractivity contribution >= 4 is 29.0 Å². The number of hydrogen-bond acceptors (Lipinski definition) is 6. The Bertz CT molecular complexity index is 952. The Balaban J connectivity index is 1.40. The van der Waals surface area contributed by atoms with Gasteiger partial charge in [-0.25, -0.2) is 0 Å². The third-order valence-electron chi connectivity index (χ3n) is 4.73. The minimum absolute atomic E-state index is 0.0508. The molecule has 1 N–H and O–H groups in total. The Kier molecular flexibility index (Phi) is 5.57. The Morgan fingerprint density at radius 1 is 1.11 bits per heavy atom. The third kappa shape index (κ3) is 4.01. The van der Waals surface area contributed by atoms with Crippen LogP contribution >= 0.6 is 11.8 Å². The largest absolute Gasteiger partial charge is 0.370 e. The van der Waals surface area contributed by atoms with E-state index >= 15 is 0 Å². The minimum Gasteiger partial charge on any atom is -0.370 e. The lowest BCUT2D eigenvalue weighted by molar-refractivity contribution is -0.113. The van der Waals surface area contributed by atoms with Gasteiger partial charge in [-0.3, -0.25) is 9.78 Å². The number of thioether (sulfide) groups is 1. The highest BCUT2D eigenvalue weighted by Gasteiger charge is 2.17. The number of hydrogen-bond donors (Lipinski definition) is 1. The summed E-state index contributed by atoms with van der Waals surface area (Å²) in [6, 6.07) is 11.8. The predicted octanol–water partition coefficient (Wildman–Crippen LogP) is 3.21. The lowest BCUT2D eigenvalue weighted by atomic mass is 10.2. The highest BCUT2D eigenvalue weighted by Crippen LogP contribution is 2.29. The average Bonchev–Trinajstić information content (AvgIpc) is 3.38. The lowest BCUT2D eigenvalue weighted by Crippen LogP contribution is -2.21. The van der Waals surface area contributed by atoms with E-state index in [-0.39, 0.29) is 11.7 Å². The molecule has 2 aromatic heterocycles. The van der Waals surface area contributed by atoms with Gasteiger partial charge in [-0.15, -0.1) is 10.2 Å². The number of anilines is 2. The van der Waals surface area contributed by atoms with Gasteiger partial charge in [0.15, 0.2) is 11.0 Å². The van der Waals surface area contributed by atoms with Crippen LogP contribution in [0.4, 0.5) is 11.4 Å². The second-order valence-corrected chi connectivity index (χ2v) is 7.59. The van der Waals surface area contributed by atoms with E-state index in [2.05, 4.69) is 31.5 Å². The molecular weight excluding hydrogens is 372 g/mol. The molecule has 1 aliphatic rings. The molecule has 0 aliphatic carbocycles. The van der Waals surface area contributed by atoms with Gasteiger partial charge in [0.25, 0.3) is 0 Å². The number of aromatic nitrogens is 4. The van der Waals surface area contributed by atoms with Crippen molar-refractivity contribution in [2.45, 2.75) is 18.0 Å². The Morgan fingerprint density at radius 2 is 1.86 bits per heavy atom. The highest BCUT2D eigenvalue weighted by molar-refractivity contribution is 7.99. The summed E-state index contributed by atoms with van der Waals surface area (Å²) in [6.07, 6.45) is 5.85. The molecule has 0 bridgehead atoms. The zero-order valence-electron chi connectivity index (χ0n) is 15.7. The Morgan fingerprint density at radius 3 is 2.64 bits per heavy atom. The first-order chi connectivity index (χ1) is 13.7. The van der Waals surface area contributed by atoms with Gasteiger partial charge in [-0.05, 0) is 37.1 Å². The predicted molar refractivity (Wildman–Crippen MR) is 111 cm³/mol. The molecule has 3 heterocycles. The molecular formula is C20H22N6OS. The van der Waals surface area contributed by atoms with Crippen molar-refractivity contribution in [1.82, 2.24) is 19.7 Å². The average molecular weight is 395 g/mol. The summed E-state index contributed by atoms with van der Waals surface area (Å²) in [6.45, 7) is 2.08. The van der Waals surface area contributed by atoms with E-state index < -0.39 is 0 Å². The fourth-order valence-electron chi connectivity index (χ4n) is 3.32. The number of nitrogens with zero attached hydrogens (tertiary/aromatic N) is 5. The zero-order valence-corrected chi connectivity index (χ0v) is 16.5. The van der Waals surface area contributed by atoms with E-state index in [1.807, 2.05) is 41.9 Å². The number of benzene rings is 1. The van der Waals surface area contributed by atoms with Crippen molar-refractivity contribution in [2.75, 3.05) is 29.1 Å². The first kappa shape index (κ1) is 18.5. The van der Waals surface area contributed by atoms with Crippen LogP contribution in [0.5, 0.6) is 0 Å². The van der Waals surface area contributed by atoms with Crippen molar-refractivity contribution in [3.63, 3.8) is 0 Å². The summed E-state index contributed by atoms with van der Waals surface area (Å²) in [5.74, 6) is 0.978. The van der Waals surface area contributed by atoms with Crippen molar-refractivity contribution in [2.24, 2.45) is 7.05 Å². The normalized spacial score (nSPS) is 13.7. The molecule has 0 radical (unpaired) electrons. The van der Waals surface area contributed by atoms with E-state index in [0.717, 1.165) is 35.9 Å². The van der Waals surface area contributed by atoms with Gasteiger partial charge >= 0.3 is 0 Å². The van der Waals surface area contributed by atoms with Gasteiger partial charge in [0, 0.05) is 38.1 Å². The van der Waals surface area contributed by atoms with E-state index in [9.17, 15) is 4.79 Å². The van der Waals surface area contributed by atoms with Crippen LogP contribution in [0.25, 0.3) is 11.4 Å². The molecule has 1 amide bonds. The third-order valence-corrected chi connectivity index (χ3v) is 5.75. The van der Waals surface area contributed by atoms with Crippen LogP contribution < -0.4 is 10.2 Å². The maximum atomic E-state index is 12.5. The number of pyridine rings is 1. The van der Waals surface area contributed by atoms with Crippen LogP contribution in [-0.4, -0.2) is 44.5 Å². The molecule has 8 heteroatoms.